The molecule has 0 radical (unpaired) electrons. The molecular weight excluding hydrogens is 507 g/mol. The van der Waals surface area contributed by atoms with Crippen molar-refractivity contribution in [3.63, 3.8) is 0 Å². The van der Waals surface area contributed by atoms with E-state index < -0.39 is 23.8 Å². The topological polar surface area (TPSA) is 138 Å². The van der Waals surface area contributed by atoms with E-state index in [1.165, 1.54) is 42.0 Å². The number of nitrogens with zero attached hydrogens (tertiary/aromatic N) is 5. The highest BCUT2D eigenvalue weighted by molar-refractivity contribution is 7.18. The number of likely N-dealkylation sites (N-methyl/N-ethyl adjacent to an activating group) is 1. The van der Waals surface area contributed by atoms with Crippen molar-refractivity contribution in [3.05, 3.63) is 45.1 Å². The van der Waals surface area contributed by atoms with Crippen molar-refractivity contribution in [3.8, 4) is 11.3 Å². The highest BCUT2D eigenvalue weighted by Crippen LogP contribution is 2.34. The zero-order valence-corrected chi connectivity index (χ0v) is 20.0. The van der Waals surface area contributed by atoms with Crippen LogP contribution in [-0.4, -0.2) is 62.5 Å². The highest BCUT2D eigenvalue weighted by Gasteiger charge is 2.32. The minimum atomic E-state index is -1.21. The van der Waals surface area contributed by atoms with Gasteiger partial charge in [0.05, 0.1) is 34.2 Å². The van der Waals surface area contributed by atoms with Gasteiger partial charge in [-0.2, -0.15) is 0 Å². The smallest absolute Gasteiger partial charge is 0.348 e. The molecule has 3 heterocycles. The lowest BCUT2D eigenvalue weighted by Gasteiger charge is -2.18. The second kappa shape index (κ2) is 9.05. The summed E-state index contributed by atoms with van der Waals surface area (Å²) in [6.07, 6.45) is 1.25. The second-order valence-electron chi connectivity index (χ2n) is 7.29. The van der Waals surface area contributed by atoms with Crippen LogP contribution in [-0.2, 0) is 22.6 Å². The Morgan fingerprint density at radius 2 is 1.91 bits per heavy atom. The number of hydrogen-bond donors (Lipinski definition) is 2. The average Bonchev–Trinajstić information content (AvgIpc) is 3.36. The molecule has 0 spiro atoms. The number of fused-ring (bicyclic) bond motifs is 1. The number of nitrogens with one attached hydrogen (secondary N) is 1. The Kier molecular flexibility index (Phi) is 6.30. The molecule has 0 bridgehead atoms. The number of aromatic carboxylic acids is 1. The summed E-state index contributed by atoms with van der Waals surface area (Å²) in [6.45, 7) is -0.231. The van der Waals surface area contributed by atoms with E-state index in [0.29, 0.717) is 16.3 Å². The molecule has 11 nitrogen and oxygen atoms in total. The number of carboxylic acids is 1. The minimum Gasteiger partial charge on any atom is -0.477 e. The number of hydrogen-bond acceptors (Lipinski definition) is 7. The van der Waals surface area contributed by atoms with Crippen LogP contribution >= 0.6 is 34.5 Å². The van der Waals surface area contributed by atoms with Crippen molar-refractivity contribution in [1.82, 2.24) is 19.4 Å². The molecule has 34 heavy (non-hydrogen) atoms. The Balaban J connectivity index is 1.58. The number of imidazole rings is 1. The SMILES string of the molecule is CN1C(=O)Cc2c(ncn2CC(=O)Nc2nc(-c3ccc(Cl)c(Cl)c3)c(C(=O)O)s2)N(C)C1=O. The van der Waals surface area contributed by atoms with Gasteiger partial charge >= 0.3 is 12.0 Å². The number of rotatable bonds is 5. The molecule has 1 aliphatic heterocycles. The first-order valence-corrected chi connectivity index (χ1v) is 11.2. The van der Waals surface area contributed by atoms with Gasteiger partial charge in [-0.3, -0.25) is 19.4 Å². The van der Waals surface area contributed by atoms with Gasteiger partial charge in [0, 0.05) is 19.7 Å². The van der Waals surface area contributed by atoms with Crippen molar-refractivity contribution in [2.75, 3.05) is 24.3 Å². The van der Waals surface area contributed by atoms with E-state index in [1.807, 2.05) is 0 Å². The normalized spacial score (nSPS) is 13.6. The number of halogens is 2. The van der Waals surface area contributed by atoms with Gasteiger partial charge in [0.15, 0.2) is 10.9 Å². The van der Waals surface area contributed by atoms with E-state index in [1.54, 1.807) is 6.07 Å². The Hall–Kier alpha value is -3.48. The van der Waals surface area contributed by atoms with Gasteiger partial charge in [-0.25, -0.2) is 19.6 Å². The molecule has 0 atom stereocenters. The van der Waals surface area contributed by atoms with Gasteiger partial charge < -0.3 is 15.0 Å². The Labute approximate surface area is 206 Å². The average molecular weight is 523 g/mol. The number of carboxylic acid groups (broad SMARTS) is 1. The predicted molar refractivity (Wildman–Crippen MR) is 126 cm³/mol. The molecule has 1 aromatic carbocycles. The molecular formula is C20H16Cl2N6O5S. The molecule has 0 fully saturated rings. The van der Waals surface area contributed by atoms with Gasteiger partial charge in [-0.15, -0.1) is 0 Å². The number of anilines is 2. The van der Waals surface area contributed by atoms with Crippen LogP contribution in [0.25, 0.3) is 11.3 Å². The molecule has 14 heteroatoms. The third-order valence-corrected chi connectivity index (χ3v) is 6.78. The van der Waals surface area contributed by atoms with Crippen LogP contribution in [0.4, 0.5) is 15.7 Å². The fourth-order valence-corrected chi connectivity index (χ4v) is 4.49. The summed E-state index contributed by atoms with van der Waals surface area (Å²) in [5.74, 6) is -1.89. The molecule has 0 aliphatic carbocycles. The van der Waals surface area contributed by atoms with Gasteiger partial charge in [-0.05, 0) is 12.1 Å². The molecule has 4 rings (SSSR count). The van der Waals surface area contributed by atoms with Crippen molar-refractivity contribution in [2.45, 2.75) is 13.0 Å². The molecule has 0 saturated heterocycles. The summed E-state index contributed by atoms with van der Waals surface area (Å²) < 4.78 is 1.46. The van der Waals surface area contributed by atoms with Crippen molar-refractivity contribution >= 4 is 69.3 Å². The van der Waals surface area contributed by atoms with Crippen LogP contribution in [0.15, 0.2) is 24.5 Å². The van der Waals surface area contributed by atoms with Gasteiger partial charge in [-0.1, -0.05) is 40.6 Å². The van der Waals surface area contributed by atoms with E-state index in [0.717, 1.165) is 16.2 Å². The molecule has 1 aliphatic rings. The second-order valence-corrected chi connectivity index (χ2v) is 9.11. The van der Waals surface area contributed by atoms with Crippen LogP contribution in [0, 0.1) is 0 Å². The lowest BCUT2D eigenvalue weighted by Crippen LogP contribution is -2.40. The number of thiazole rings is 1. The van der Waals surface area contributed by atoms with Gasteiger partial charge in [0.1, 0.15) is 11.4 Å². The monoisotopic (exact) mass is 522 g/mol. The third-order valence-electron chi connectivity index (χ3n) is 5.08. The fraction of sp³-hybridized carbons (Fsp3) is 0.200. The first kappa shape index (κ1) is 23.7. The highest BCUT2D eigenvalue weighted by atomic mass is 35.5. The number of carbonyl (C=O) groups excluding carboxylic acids is 3. The molecule has 2 N–H and O–H groups in total. The first-order chi connectivity index (χ1) is 16.1. The fourth-order valence-electron chi connectivity index (χ4n) is 3.35. The predicted octanol–water partition coefficient (Wildman–Crippen LogP) is 3.22. The first-order valence-electron chi connectivity index (χ1n) is 9.64. The van der Waals surface area contributed by atoms with E-state index in [-0.39, 0.29) is 39.5 Å². The maximum absolute atomic E-state index is 12.7. The summed E-state index contributed by atoms with van der Waals surface area (Å²) in [6, 6.07) is 4.06. The van der Waals surface area contributed by atoms with Crippen LogP contribution in [0.1, 0.15) is 15.4 Å². The third kappa shape index (κ3) is 4.34. The summed E-state index contributed by atoms with van der Waals surface area (Å²) in [5, 5.41) is 12.8. The number of urea groups is 1. The number of benzene rings is 1. The zero-order chi connectivity index (χ0) is 24.7. The summed E-state index contributed by atoms with van der Waals surface area (Å²) in [7, 11) is 2.86. The van der Waals surface area contributed by atoms with E-state index >= 15 is 0 Å². The zero-order valence-electron chi connectivity index (χ0n) is 17.7. The molecule has 176 valence electrons. The number of aromatic nitrogens is 3. The van der Waals surface area contributed by atoms with Crippen molar-refractivity contribution < 1.29 is 24.3 Å². The molecule has 0 saturated carbocycles. The Morgan fingerprint density at radius 3 is 2.59 bits per heavy atom. The van der Waals surface area contributed by atoms with Crippen LogP contribution in [0.5, 0.6) is 0 Å². The molecule has 0 unspecified atom stereocenters. The Bertz CT molecular complexity index is 1350. The van der Waals surface area contributed by atoms with Crippen LogP contribution in [0.3, 0.4) is 0 Å². The van der Waals surface area contributed by atoms with Crippen molar-refractivity contribution in [2.24, 2.45) is 0 Å². The number of imide groups is 1. The van der Waals surface area contributed by atoms with Crippen molar-refractivity contribution in [1.29, 1.82) is 0 Å². The molecule has 4 amide bonds. The molecule has 2 aromatic heterocycles. The maximum atomic E-state index is 12.7. The number of carbonyl (C=O) groups is 4. The van der Waals surface area contributed by atoms with E-state index in [9.17, 15) is 24.3 Å². The lowest BCUT2D eigenvalue weighted by atomic mass is 10.1. The summed E-state index contributed by atoms with van der Waals surface area (Å²) in [4.78, 5) is 59.6. The minimum absolute atomic E-state index is 0.0674. The van der Waals surface area contributed by atoms with E-state index in [4.69, 9.17) is 23.2 Å². The Morgan fingerprint density at radius 1 is 1.18 bits per heavy atom. The maximum Gasteiger partial charge on any atom is 0.348 e. The van der Waals surface area contributed by atoms with Gasteiger partial charge in [0.2, 0.25) is 11.8 Å². The summed E-state index contributed by atoms with van der Waals surface area (Å²) in [5.41, 5.74) is 0.970. The summed E-state index contributed by atoms with van der Waals surface area (Å²) >= 11 is 12.8. The standard InChI is InChI=1S/C20H16Cl2N6O5S/c1-26-14(30)6-12-17(27(2)20(26)33)23-8-28(12)7-13(29)24-19-25-15(16(34-19)18(31)32)9-3-4-10(21)11(22)5-9/h3-5,8H,6-7H2,1-2H3,(H,31,32)(H,24,25,29). The van der Waals surface area contributed by atoms with Crippen LogP contribution < -0.4 is 10.2 Å². The van der Waals surface area contributed by atoms with Gasteiger partial charge in [0.25, 0.3) is 0 Å². The largest absolute Gasteiger partial charge is 0.477 e. The number of amides is 4. The van der Waals surface area contributed by atoms with E-state index in [2.05, 4.69) is 15.3 Å². The van der Waals surface area contributed by atoms with Crippen LogP contribution in [0.2, 0.25) is 10.0 Å². The quantitative estimate of drug-likeness (QED) is 0.524. The lowest BCUT2D eigenvalue weighted by molar-refractivity contribution is -0.126. The molecule has 3 aromatic rings.